The van der Waals surface area contributed by atoms with Crippen LogP contribution in [0.15, 0.2) is 34.9 Å². The molecule has 0 saturated heterocycles. The summed E-state index contributed by atoms with van der Waals surface area (Å²) < 4.78 is 5.33. The summed E-state index contributed by atoms with van der Waals surface area (Å²) in [5.41, 5.74) is 1.80. The summed E-state index contributed by atoms with van der Waals surface area (Å²) in [6.45, 7) is 4.15. The molecule has 0 saturated carbocycles. The van der Waals surface area contributed by atoms with Crippen molar-refractivity contribution in [2.24, 2.45) is 0 Å². The fraction of sp³-hybridized carbons (Fsp3) is 0.231. The normalized spacial score (nSPS) is 10.2. The van der Waals surface area contributed by atoms with Gasteiger partial charge in [-0.2, -0.15) is 0 Å². The third-order valence-corrected chi connectivity index (χ3v) is 2.55. The van der Waals surface area contributed by atoms with Crippen LogP contribution in [0.25, 0.3) is 0 Å². The second-order valence-corrected chi connectivity index (χ2v) is 3.85. The molecule has 0 spiro atoms. The van der Waals surface area contributed by atoms with Crippen molar-refractivity contribution in [2.75, 3.05) is 0 Å². The predicted molar refractivity (Wildman–Crippen MR) is 63.6 cm³/mol. The number of hydrogen-bond donors (Lipinski definition) is 1. The Bertz CT molecular complexity index is 498. The van der Waals surface area contributed by atoms with Gasteiger partial charge in [0.15, 0.2) is 5.76 Å². The molecule has 88 valence electrons. The number of nitrogens with one attached hydrogen (secondary N) is 1. The van der Waals surface area contributed by atoms with Crippen molar-refractivity contribution in [1.82, 2.24) is 10.3 Å². The van der Waals surface area contributed by atoms with Gasteiger partial charge in [0.25, 0.3) is 5.91 Å². The minimum atomic E-state index is -0.216. The Kier molecular flexibility index (Phi) is 3.23. The van der Waals surface area contributed by atoms with Crippen LogP contribution in [0, 0.1) is 13.8 Å². The van der Waals surface area contributed by atoms with Gasteiger partial charge in [-0.3, -0.25) is 9.78 Å². The largest absolute Gasteiger partial charge is 0.456 e. The van der Waals surface area contributed by atoms with Gasteiger partial charge >= 0.3 is 0 Å². The number of aryl methyl sites for hydroxylation is 2. The zero-order valence-corrected chi connectivity index (χ0v) is 9.86. The number of nitrogens with zero attached hydrogens (tertiary/aromatic N) is 1. The number of carbonyl (C=O) groups excluding carboxylic acids is 1. The molecule has 0 aliphatic rings. The summed E-state index contributed by atoms with van der Waals surface area (Å²) in [5.74, 6) is 0.899. The molecule has 0 aromatic carbocycles. The summed E-state index contributed by atoms with van der Waals surface area (Å²) in [6.07, 6.45) is 1.70. The fourth-order valence-corrected chi connectivity index (χ4v) is 1.45. The molecule has 0 aliphatic carbocycles. The van der Waals surface area contributed by atoms with Crippen molar-refractivity contribution in [3.8, 4) is 0 Å². The van der Waals surface area contributed by atoms with Gasteiger partial charge in [0.05, 0.1) is 12.2 Å². The van der Waals surface area contributed by atoms with Crippen molar-refractivity contribution < 1.29 is 9.21 Å². The molecule has 2 aromatic rings. The molecule has 0 unspecified atom stereocenters. The molecule has 0 aliphatic heterocycles. The first-order valence-corrected chi connectivity index (χ1v) is 5.42. The molecule has 2 aromatic heterocycles. The first-order chi connectivity index (χ1) is 8.16. The van der Waals surface area contributed by atoms with Crippen LogP contribution in [0.4, 0.5) is 0 Å². The smallest absolute Gasteiger partial charge is 0.287 e. The number of rotatable bonds is 3. The van der Waals surface area contributed by atoms with Crippen LogP contribution >= 0.6 is 0 Å². The molecule has 1 N–H and O–H groups in total. The predicted octanol–water partition coefficient (Wildman–Crippen LogP) is 2.22. The summed E-state index contributed by atoms with van der Waals surface area (Å²) in [6, 6.07) is 7.32. The molecule has 4 heteroatoms. The number of aromatic nitrogens is 1. The van der Waals surface area contributed by atoms with Crippen LogP contribution in [-0.2, 0) is 6.54 Å². The zero-order chi connectivity index (χ0) is 12.3. The highest BCUT2D eigenvalue weighted by Crippen LogP contribution is 2.12. The van der Waals surface area contributed by atoms with Crippen molar-refractivity contribution in [2.45, 2.75) is 20.4 Å². The van der Waals surface area contributed by atoms with E-state index in [9.17, 15) is 4.79 Å². The molecular weight excluding hydrogens is 216 g/mol. The van der Waals surface area contributed by atoms with Crippen LogP contribution < -0.4 is 5.32 Å². The standard InChI is InChI=1S/C13H14N2O2/c1-9-7-12(17-10(9)2)13(16)15-8-11-5-3-4-6-14-11/h3-7H,8H2,1-2H3,(H,15,16). The molecule has 2 heterocycles. The van der Waals surface area contributed by atoms with Crippen molar-refractivity contribution in [1.29, 1.82) is 0 Å². The monoisotopic (exact) mass is 230 g/mol. The Morgan fingerprint density at radius 3 is 2.82 bits per heavy atom. The quantitative estimate of drug-likeness (QED) is 0.879. The maximum Gasteiger partial charge on any atom is 0.287 e. The highest BCUT2D eigenvalue weighted by molar-refractivity contribution is 5.91. The van der Waals surface area contributed by atoms with Gasteiger partial charge in [0.1, 0.15) is 5.76 Å². The van der Waals surface area contributed by atoms with Gasteiger partial charge in [-0.1, -0.05) is 6.07 Å². The van der Waals surface area contributed by atoms with E-state index >= 15 is 0 Å². The van der Waals surface area contributed by atoms with Crippen LogP contribution in [-0.4, -0.2) is 10.9 Å². The minimum absolute atomic E-state index is 0.216. The van der Waals surface area contributed by atoms with Gasteiger partial charge in [-0.05, 0) is 37.6 Å². The number of hydrogen-bond acceptors (Lipinski definition) is 3. The number of pyridine rings is 1. The maximum absolute atomic E-state index is 11.8. The first-order valence-electron chi connectivity index (χ1n) is 5.42. The van der Waals surface area contributed by atoms with E-state index in [1.165, 1.54) is 0 Å². The molecule has 1 amide bonds. The summed E-state index contributed by atoms with van der Waals surface area (Å²) in [7, 11) is 0. The van der Waals surface area contributed by atoms with E-state index in [2.05, 4.69) is 10.3 Å². The maximum atomic E-state index is 11.8. The Morgan fingerprint density at radius 1 is 1.41 bits per heavy atom. The van der Waals surface area contributed by atoms with Gasteiger partial charge in [0.2, 0.25) is 0 Å². The Hall–Kier alpha value is -2.10. The lowest BCUT2D eigenvalue weighted by atomic mass is 10.3. The molecule has 4 nitrogen and oxygen atoms in total. The highest BCUT2D eigenvalue weighted by Gasteiger charge is 2.11. The summed E-state index contributed by atoms with van der Waals surface area (Å²) >= 11 is 0. The lowest BCUT2D eigenvalue weighted by molar-refractivity contribution is 0.0921. The lowest BCUT2D eigenvalue weighted by Crippen LogP contribution is -2.22. The zero-order valence-electron chi connectivity index (χ0n) is 9.86. The fourth-order valence-electron chi connectivity index (χ4n) is 1.45. The molecule has 17 heavy (non-hydrogen) atoms. The van der Waals surface area contributed by atoms with E-state index in [0.717, 1.165) is 17.0 Å². The SMILES string of the molecule is Cc1cc(C(=O)NCc2ccccn2)oc1C. The third kappa shape index (κ3) is 2.72. The van der Waals surface area contributed by atoms with Crippen molar-refractivity contribution in [3.05, 3.63) is 53.2 Å². The van der Waals surface area contributed by atoms with Crippen LogP contribution in [0.1, 0.15) is 27.6 Å². The number of carbonyl (C=O) groups is 1. The van der Waals surface area contributed by atoms with E-state index < -0.39 is 0 Å². The van der Waals surface area contributed by atoms with Crippen LogP contribution in [0.2, 0.25) is 0 Å². The second-order valence-electron chi connectivity index (χ2n) is 3.85. The lowest BCUT2D eigenvalue weighted by Gasteiger charge is -2.01. The van der Waals surface area contributed by atoms with Gasteiger partial charge in [-0.15, -0.1) is 0 Å². The van der Waals surface area contributed by atoms with Crippen LogP contribution in [0.3, 0.4) is 0 Å². The van der Waals surface area contributed by atoms with E-state index in [1.807, 2.05) is 32.0 Å². The van der Waals surface area contributed by atoms with Gasteiger partial charge in [0, 0.05) is 6.20 Å². The topological polar surface area (TPSA) is 55.1 Å². The van der Waals surface area contributed by atoms with Crippen molar-refractivity contribution >= 4 is 5.91 Å². The average Bonchev–Trinajstić information content (AvgIpc) is 2.68. The van der Waals surface area contributed by atoms with E-state index in [0.29, 0.717) is 12.3 Å². The average molecular weight is 230 g/mol. The number of amides is 1. The van der Waals surface area contributed by atoms with Crippen LogP contribution in [0.5, 0.6) is 0 Å². The molecule has 2 rings (SSSR count). The molecule has 0 radical (unpaired) electrons. The summed E-state index contributed by atoms with van der Waals surface area (Å²) in [4.78, 5) is 15.9. The van der Waals surface area contributed by atoms with E-state index in [1.54, 1.807) is 12.3 Å². The molecular formula is C13H14N2O2. The van der Waals surface area contributed by atoms with Gasteiger partial charge < -0.3 is 9.73 Å². The third-order valence-electron chi connectivity index (χ3n) is 2.55. The first kappa shape index (κ1) is 11.4. The Labute approximate surface area is 99.7 Å². The van der Waals surface area contributed by atoms with Crippen molar-refractivity contribution in [3.63, 3.8) is 0 Å². The number of furan rings is 1. The highest BCUT2D eigenvalue weighted by atomic mass is 16.3. The second kappa shape index (κ2) is 4.82. The van der Waals surface area contributed by atoms with Gasteiger partial charge in [-0.25, -0.2) is 0 Å². The molecule has 0 bridgehead atoms. The Balaban J connectivity index is 1.98. The van der Waals surface area contributed by atoms with E-state index in [-0.39, 0.29) is 5.91 Å². The minimum Gasteiger partial charge on any atom is -0.456 e. The van der Waals surface area contributed by atoms with E-state index in [4.69, 9.17) is 4.42 Å². The Morgan fingerprint density at radius 2 is 2.24 bits per heavy atom. The molecule has 0 fully saturated rings. The molecule has 0 atom stereocenters. The summed E-state index contributed by atoms with van der Waals surface area (Å²) in [5, 5.41) is 2.76.